The molecule has 1 radical (unpaired) electrons. The quantitative estimate of drug-likeness (QED) is 0.683. The van der Waals surface area contributed by atoms with E-state index >= 15 is 0 Å². The molecule has 0 spiro atoms. The van der Waals surface area contributed by atoms with Gasteiger partial charge in [-0.3, -0.25) is 0 Å². The van der Waals surface area contributed by atoms with Crippen molar-refractivity contribution >= 4 is 20.6 Å². The third-order valence-electron chi connectivity index (χ3n) is 3.66. The van der Waals surface area contributed by atoms with Crippen molar-refractivity contribution in [2.24, 2.45) is 0 Å². The van der Waals surface area contributed by atoms with Gasteiger partial charge in [-0.05, 0) is 0 Å². The van der Waals surface area contributed by atoms with Crippen molar-refractivity contribution in [2.45, 2.75) is 79.3 Å². The average molecular weight is 375 g/mol. The van der Waals surface area contributed by atoms with Gasteiger partial charge in [-0.25, -0.2) is 0 Å². The Kier molecular flexibility index (Phi) is 6.18. The molecule has 0 bridgehead atoms. The predicted molar refractivity (Wildman–Crippen MR) is 86.0 cm³/mol. The van der Waals surface area contributed by atoms with E-state index in [9.17, 15) is 0 Å². The van der Waals surface area contributed by atoms with E-state index in [0.29, 0.717) is 11.1 Å². The maximum atomic E-state index is 2.85. The van der Waals surface area contributed by atoms with Crippen molar-refractivity contribution in [1.29, 1.82) is 0 Å². The fourth-order valence-electron chi connectivity index (χ4n) is 2.55. The monoisotopic (exact) mass is 376 g/mol. The second-order valence-corrected chi connectivity index (χ2v) is 14.2. The SMILES string of the molecule is CCC[N](CCC)[Sn]1[N](C(C)(C)C)C[N]1C(C)(C)C. The van der Waals surface area contributed by atoms with Crippen LogP contribution in [0.4, 0.5) is 0 Å². The van der Waals surface area contributed by atoms with Gasteiger partial charge >= 0.3 is 129 Å². The van der Waals surface area contributed by atoms with Crippen LogP contribution in [0.1, 0.15) is 68.2 Å². The molecular weight excluding hydrogens is 341 g/mol. The molecule has 1 rings (SSSR count). The Morgan fingerprint density at radius 2 is 1.21 bits per heavy atom. The summed E-state index contributed by atoms with van der Waals surface area (Å²) in [5.74, 6) is 0. The summed E-state index contributed by atoms with van der Waals surface area (Å²) >= 11 is -1.80. The number of hydrogen-bond donors (Lipinski definition) is 0. The first-order valence-corrected chi connectivity index (χ1v) is 11.6. The standard InChI is InChI=1S/C9H20N2.C6H14N.Sn/c1-8(2,3)10-7-11-9(4,5)6;1-3-5-7-6-4-2;/h7H2,1-6H3;3-6H2,1-2H3;/q-2;-1;+3. The van der Waals surface area contributed by atoms with E-state index in [1.807, 2.05) is 0 Å². The molecule has 0 aliphatic carbocycles. The molecule has 1 heterocycles. The third-order valence-corrected chi connectivity index (χ3v) is 13.9. The van der Waals surface area contributed by atoms with Gasteiger partial charge in [0.05, 0.1) is 0 Å². The number of nitrogens with zero attached hydrogens (tertiary/aromatic N) is 3. The molecular formula is C15H34N3Sn. The van der Waals surface area contributed by atoms with Crippen LogP contribution in [0, 0.1) is 0 Å². The van der Waals surface area contributed by atoms with E-state index in [2.05, 4.69) is 64.8 Å². The Bertz CT molecular complexity index is 254. The van der Waals surface area contributed by atoms with Crippen molar-refractivity contribution < 1.29 is 0 Å². The van der Waals surface area contributed by atoms with Crippen LogP contribution in [0.5, 0.6) is 0 Å². The van der Waals surface area contributed by atoms with Crippen LogP contribution in [0.3, 0.4) is 0 Å². The molecule has 1 aliphatic heterocycles. The summed E-state index contributed by atoms with van der Waals surface area (Å²) in [5, 5.41) is 0. The van der Waals surface area contributed by atoms with Crippen molar-refractivity contribution in [3.05, 3.63) is 0 Å². The van der Waals surface area contributed by atoms with Crippen LogP contribution in [0.15, 0.2) is 0 Å². The summed E-state index contributed by atoms with van der Waals surface area (Å²) in [5.41, 5.74) is 0.659. The van der Waals surface area contributed by atoms with Crippen LogP contribution in [-0.2, 0) is 0 Å². The molecule has 1 fully saturated rings. The summed E-state index contributed by atoms with van der Waals surface area (Å²) in [7, 11) is 0. The van der Waals surface area contributed by atoms with Crippen LogP contribution >= 0.6 is 0 Å². The Labute approximate surface area is 129 Å². The molecule has 0 atom stereocenters. The third kappa shape index (κ3) is 4.32. The summed E-state index contributed by atoms with van der Waals surface area (Å²) in [6.07, 6.45) is 2.56. The minimum atomic E-state index is -1.80. The predicted octanol–water partition coefficient (Wildman–Crippen LogP) is 3.27. The molecule has 0 amide bonds. The van der Waals surface area contributed by atoms with Gasteiger partial charge in [0.15, 0.2) is 0 Å². The van der Waals surface area contributed by atoms with E-state index in [1.165, 1.54) is 32.6 Å². The second kappa shape index (κ2) is 6.63. The zero-order valence-corrected chi connectivity index (χ0v) is 17.2. The van der Waals surface area contributed by atoms with Gasteiger partial charge in [-0.15, -0.1) is 0 Å². The molecule has 113 valence electrons. The van der Waals surface area contributed by atoms with Gasteiger partial charge in [0, 0.05) is 0 Å². The first kappa shape index (κ1) is 17.7. The Morgan fingerprint density at radius 1 is 0.842 bits per heavy atom. The van der Waals surface area contributed by atoms with E-state index in [0.717, 1.165) is 0 Å². The molecule has 0 aromatic heterocycles. The minimum absolute atomic E-state index is 0.330. The molecule has 0 saturated carbocycles. The van der Waals surface area contributed by atoms with E-state index in [4.69, 9.17) is 0 Å². The first-order chi connectivity index (χ1) is 8.62. The van der Waals surface area contributed by atoms with Crippen molar-refractivity contribution in [2.75, 3.05) is 19.8 Å². The van der Waals surface area contributed by atoms with Gasteiger partial charge < -0.3 is 0 Å². The van der Waals surface area contributed by atoms with Crippen LogP contribution < -0.4 is 0 Å². The van der Waals surface area contributed by atoms with E-state index in [-0.39, 0.29) is 0 Å². The van der Waals surface area contributed by atoms with E-state index < -0.39 is 20.6 Å². The normalized spacial score (nSPS) is 20.1. The van der Waals surface area contributed by atoms with Crippen molar-refractivity contribution in [3.63, 3.8) is 0 Å². The van der Waals surface area contributed by atoms with Crippen LogP contribution in [0.25, 0.3) is 0 Å². The molecule has 3 nitrogen and oxygen atoms in total. The molecule has 4 heteroatoms. The summed E-state index contributed by atoms with van der Waals surface area (Å²) < 4.78 is 8.50. The second-order valence-electron chi connectivity index (χ2n) is 7.63. The number of hydrogen-bond acceptors (Lipinski definition) is 3. The van der Waals surface area contributed by atoms with Crippen LogP contribution in [0.2, 0.25) is 0 Å². The molecule has 0 unspecified atom stereocenters. The fourth-order valence-corrected chi connectivity index (χ4v) is 12.1. The number of rotatable bonds is 5. The Morgan fingerprint density at radius 3 is 1.47 bits per heavy atom. The van der Waals surface area contributed by atoms with E-state index in [1.54, 1.807) is 0 Å². The Hall–Kier alpha value is 0.679. The molecule has 0 aromatic rings. The van der Waals surface area contributed by atoms with Crippen molar-refractivity contribution in [3.8, 4) is 0 Å². The van der Waals surface area contributed by atoms with Gasteiger partial charge in [0.2, 0.25) is 0 Å². The van der Waals surface area contributed by atoms with Crippen molar-refractivity contribution in [1.82, 2.24) is 9.36 Å². The summed E-state index contributed by atoms with van der Waals surface area (Å²) in [6.45, 7) is 22.6. The molecule has 19 heavy (non-hydrogen) atoms. The molecule has 1 saturated heterocycles. The zero-order chi connectivity index (χ0) is 14.8. The summed E-state index contributed by atoms with van der Waals surface area (Å²) in [4.78, 5) is 0. The zero-order valence-electron chi connectivity index (χ0n) is 14.4. The summed E-state index contributed by atoms with van der Waals surface area (Å²) in [6, 6.07) is 0. The topological polar surface area (TPSA) is 9.72 Å². The molecule has 1 aliphatic rings. The van der Waals surface area contributed by atoms with Gasteiger partial charge in [-0.2, -0.15) is 0 Å². The van der Waals surface area contributed by atoms with Gasteiger partial charge in [0.1, 0.15) is 0 Å². The maximum absolute atomic E-state index is 2.85. The molecule has 0 aromatic carbocycles. The molecule has 0 N–H and O–H groups in total. The van der Waals surface area contributed by atoms with Crippen LogP contribution in [-0.4, -0.2) is 60.8 Å². The van der Waals surface area contributed by atoms with Gasteiger partial charge in [0.25, 0.3) is 0 Å². The average Bonchev–Trinajstić information content (AvgIpc) is 2.11. The fraction of sp³-hybridized carbons (Fsp3) is 1.00. The van der Waals surface area contributed by atoms with Gasteiger partial charge in [-0.1, -0.05) is 0 Å². The Balaban J connectivity index is 2.90. The first-order valence-electron chi connectivity index (χ1n) is 7.80.